The summed E-state index contributed by atoms with van der Waals surface area (Å²) in [4.78, 5) is 11.8. The first-order valence-corrected chi connectivity index (χ1v) is 4.22. The number of carbonyl (C=O) groups excluding carboxylic acids is 1. The Morgan fingerprint density at radius 2 is 2.42 bits per heavy atom. The van der Waals surface area contributed by atoms with Crippen LogP contribution in [0.3, 0.4) is 0 Å². The molecule has 1 atom stereocenters. The van der Waals surface area contributed by atoms with Crippen LogP contribution >= 0.6 is 12.2 Å². The predicted octanol–water partition coefficient (Wildman–Crippen LogP) is 1.66. The van der Waals surface area contributed by atoms with Crippen molar-refractivity contribution in [2.24, 2.45) is 5.92 Å². The average molecular weight is 182 g/mol. The van der Waals surface area contributed by atoms with Crippen LogP contribution < -0.4 is 0 Å². The molecule has 0 aromatic carbocycles. The zero-order valence-electron chi connectivity index (χ0n) is 6.82. The zero-order chi connectivity index (χ0) is 8.97. The summed E-state index contributed by atoms with van der Waals surface area (Å²) in [5.41, 5.74) is 0. The molecule has 1 unspecified atom stereocenters. The van der Waals surface area contributed by atoms with Crippen LogP contribution in [0.2, 0.25) is 0 Å². The molecule has 64 valence electrons. The molecular weight excluding hydrogens is 172 g/mol. The summed E-state index contributed by atoms with van der Waals surface area (Å²) in [6.45, 7) is 2.18. The smallest absolute Gasteiger partial charge is 0.318 e. The van der Waals surface area contributed by atoms with E-state index in [1.807, 2.05) is 6.08 Å². The van der Waals surface area contributed by atoms with Crippen molar-refractivity contribution in [3.63, 3.8) is 0 Å². The number of hydrogen-bond donors (Lipinski definition) is 0. The average Bonchev–Trinajstić information content (AvgIpc) is 2.05. The highest BCUT2D eigenvalue weighted by molar-refractivity contribution is 7.80. The maximum absolute atomic E-state index is 11.2. The van der Waals surface area contributed by atoms with Crippen molar-refractivity contribution in [1.29, 1.82) is 0 Å². The molecule has 3 heteroatoms. The van der Waals surface area contributed by atoms with Crippen molar-refractivity contribution in [3.05, 3.63) is 24.3 Å². The second kappa shape index (κ2) is 4.16. The molecule has 1 aliphatic rings. The van der Waals surface area contributed by atoms with E-state index in [4.69, 9.17) is 17.0 Å². The summed E-state index contributed by atoms with van der Waals surface area (Å²) < 4.78 is 4.84. The number of hydrogen-bond acceptors (Lipinski definition) is 3. The lowest BCUT2D eigenvalue weighted by Crippen LogP contribution is -2.22. The first-order chi connectivity index (χ1) is 5.75. The third-order valence-corrected chi connectivity index (χ3v) is 1.91. The van der Waals surface area contributed by atoms with Gasteiger partial charge in [-0.3, -0.25) is 4.79 Å². The van der Waals surface area contributed by atoms with E-state index < -0.39 is 0 Å². The summed E-state index contributed by atoms with van der Waals surface area (Å²) in [6.07, 6.45) is 7.12. The fraction of sp³-hybridized carbons (Fsp3) is 0.333. The van der Waals surface area contributed by atoms with Gasteiger partial charge in [-0.15, -0.1) is 0 Å². The lowest BCUT2D eigenvalue weighted by molar-refractivity contribution is -0.144. The monoisotopic (exact) mass is 182 g/mol. The van der Waals surface area contributed by atoms with Gasteiger partial charge in [-0.1, -0.05) is 30.4 Å². The number of carbonyl (C=O) groups is 1. The van der Waals surface area contributed by atoms with Crippen LogP contribution in [0.4, 0.5) is 0 Å². The highest BCUT2D eigenvalue weighted by Gasteiger charge is 2.20. The van der Waals surface area contributed by atoms with Gasteiger partial charge in [0.05, 0.1) is 6.61 Å². The molecule has 0 saturated heterocycles. The van der Waals surface area contributed by atoms with Crippen molar-refractivity contribution in [1.82, 2.24) is 0 Å². The van der Waals surface area contributed by atoms with Gasteiger partial charge in [0.1, 0.15) is 5.92 Å². The Hall–Kier alpha value is -0.960. The molecule has 0 fully saturated rings. The van der Waals surface area contributed by atoms with Gasteiger partial charge in [0.25, 0.3) is 0 Å². The first kappa shape index (κ1) is 9.13. The van der Waals surface area contributed by atoms with E-state index in [2.05, 4.69) is 0 Å². The third kappa shape index (κ3) is 2.01. The van der Waals surface area contributed by atoms with Crippen molar-refractivity contribution < 1.29 is 9.53 Å². The quantitative estimate of drug-likeness (QED) is 0.480. The van der Waals surface area contributed by atoms with Crippen molar-refractivity contribution in [3.8, 4) is 0 Å². The van der Waals surface area contributed by atoms with E-state index in [1.54, 1.807) is 25.2 Å². The van der Waals surface area contributed by atoms with Crippen LogP contribution in [0.25, 0.3) is 0 Å². The first-order valence-electron chi connectivity index (χ1n) is 3.81. The second-order valence-corrected chi connectivity index (χ2v) is 2.85. The minimum Gasteiger partial charge on any atom is -0.465 e. The van der Waals surface area contributed by atoms with Crippen LogP contribution in [-0.4, -0.2) is 17.4 Å². The molecule has 12 heavy (non-hydrogen) atoms. The van der Waals surface area contributed by atoms with Crippen molar-refractivity contribution >= 4 is 23.1 Å². The molecule has 0 amide bonds. The number of ether oxygens (including phenoxy) is 1. The standard InChI is InChI=1S/C9H10O2S/c1-2-11-9(10)7-5-3-4-6-8(7)12/h3-7H,2H2,1H3. The molecule has 0 aromatic rings. The summed E-state index contributed by atoms with van der Waals surface area (Å²) >= 11 is 4.98. The molecule has 1 aliphatic carbocycles. The predicted molar refractivity (Wildman–Crippen MR) is 51.0 cm³/mol. The Morgan fingerprint density at radius 1 is 1.67 bits per heavy atom. The van der Waals surface area contributed by atoms with Gasteiger partial charge in [0.15, 0.2) is 0 Å². The van der Waals surface area contributed by atoms with Crippen LogP contribution in [0.1, 0.15) is 6.92 Å². The Balaban J connectivity index is 2.63. The second-order valence-electron chi connectivity index (χ2n) is 2.38. The third-order valence-electron chi connectivity index (χ3n) is 1.52. The minimum atomic E-state index is -0.357. The summed E-state index contributed by atoms with van der Waals surface area (Å²) in [5.74, 6) is -0.618. The van der Waals surface area contributed by atoms with Gasteiger partial charge in [0.2, 0.25) is 0 Å². The number of rotatable bonds is 2. The van der Waals surface area contributed by atoms with Gasteiger partial charge in [-0.05, 0) is 13.0 Å². The Kier molecular flexibility index (Phi) is 3.17. The zero-order valence-corrected chi connectivity index (χ0v) is 7.64. The Morgan fingerprint density at radius 3 is 3.00 bits per heavy atom. The van der Waals surface area contributed by atoms with Gasteiger partial charge in [-0.2, -0.15) is 0 Å². The molecule has 1 rings (SSSR count). The lowest BCUT2D eigenvalue weighted by atomic mass is 10.0. The normalized spacial score (nSPS) is 21.1. The van der Waals surface area contributed by atoms with Crippen LogP contribution in [0, 0.1) is 5.92 Å². The summed E-state index contributed by atoms with van der Waals surface area (Å²) in [7, 11) is 0. The van der Waals surface area contributed by atoms with E-state index in [1.165, 1.54) is 0 Å². The topological polar surface area (TPSA) is 26.3 Å². The van der Waals surface area contributed by atoms with E-state index >= 15 is 0 Å². The molecule has 2 nitrogen and oxygen atoms in total. The molecule has 0 aliphatic heterocycles. The van der Waals surface area contributed by atoms with Crippen LogP contribution in [-0.2, 0) is 9.53 Å². The molecule has 0 spiro atoms. The summed E-state index contributed by atoms with van der Waals surface area (Å²) in [5, 5.41) is 0. The van der Waals surface area contributed by atoms with E-state index in [9.17, 15) is 4.79 Å². The summed E-state index contributed by atoms with van der Waals surface area (Å²) in [6, 6.07) is 0. The van der Waals surface area contributed by atoms with Gasteiger partial charge in [-0.25, -0.2) is 0 Å². The molecule has 0 saturated carbocycles. The molecular formula is C9H10O2S. The molecule has 0 radical (unpaired) electrons. The molecule has 0 heterocycles. The van der Waals surface area contributed by atoms with Gasteiger partial charge in [0, 0.05) is 4.86 Å². The number of thiocarbonyl (C=S) groups is 1. The number of allylic oxidation sites excluding steroid dienone is 3. The van der Waals surface area contributed by atoms with Gasteiger partial charge < -0.3 is 4.74 Å². The largest absolute Gasteiger partial charge is 0.465 e. The van der Waals surface area contributed by atoms with Gasteiger partial charge >= 0.3 is 5.97 Å². The fourth-order valence-corrected chi connectivity index (χ4v) is 1.20. The van der Waals surface area contributed by atoms with Crippen LogP contribution in [0.5, 0.6) is 0 Å². The highest BCUT2D eigenvalue weighted by Crippen LogP contribution is 2.11. The van der Waals surface area contributed by atoms with E-state index in [-0.39, 0.29) is 11.9 Å². The van der Waals surface area contributed by atoms with Crippen molar-refractivity contribution in [2.75, 3.05) is 6.61 Å². The highest BCUT2D eigenvalue weighted by atomic mass is 32.1. The fourth-order valence-electron chi connectivity index (χ4n) is 0.951. The maximum Gasteiger partial charge on any atom is 0.318 e. The van der Waals surface area contributed by atoms with Crippen molar-refractivity contribution in [2.45, 2.75) is 6.92 Å². The lowest BCUT2D eigenvalue weighted by Gasteiger charge is -2.12. The number of esters is 1. The molecule has 0 bridgehead atoms. The molecule has 0 N–H and O–H groups in total. The maximum atomic E-state index is 11.2. The Bertz CT molecular complexity index is 253. The van der Waals surface area contributed by atoms with E-state index in [0.717, 1.165) is 0 Å². The Labute approximate surface area is 76.9 Å². The minimum absolute atomic E-state index is 0.261. The van der Waals surface area contributed by atoms with Crippen LogP contribution in [0.15, 0.2) is 24.3 Å². The van der Waals surface area contributed by atoms with E-state index in [0.29, 0.717) is 11.5 Å². The molecule has 0 aromatic heterocycles. The SMILES string of the molecule is CCOC(=O)C1C=CC=CC1=S.